The molecular weight excluding hydrogens is 310 g/mol. The predicted molar refractivity (Wildman–Crippen MR) is 86.7 cm³/mol. The summed E-state index contributed by atoms with van der Waals surface area (Å²) in [5.41, 5.74) is 0.830. The summed E-state index contributed by atoms with van der Waals surface area (Å²) in [6, 6.07) is 9.38. The molecule has 0 saturated carbocycles. The highest BCUT2D eigenvalue weighted by molar-refractivity contribution is 5.76. The number of ether oxygens (including phenoxy) is 1. The van der Waals surface area contributed by atoms with E-state index in [4.69, 9.17) is 9.26 Å². The van der Waals surface area contributed by atoms with Gasteiger partial charge in [-0.05, 0) is 12.8 Å². The first-order valence-electron chi connectivity index (χ1n) is 7.99. The minimum Gasteiger partial charge on any atom is -0.456 e. The summed E-state index contributed by atoms with van der Waals surface area (Å²) < 4.78 is 10.1. The Balaban J connectivity index is 1.69. The van der Waals surface area contributed by atoms with E-state index in [1.807, 2.05) is 37.3 Å². The molecule has 1 amide bonds. The normalized spacial score (nSPS) is 10.4. The van der Waals surface area contributed by atoms with Crippen molar-refractivity contribution in [1.29, 1.82) is 0 Å². The number of nitrogens with one attached hydrogen (secondary N) is 1. The lowest BCUT2D eigenvalue weighted by Gasteiger charge is -2.03. The molecule has 1 aromatic heterocycles. The minimum atomic E-state index is -0.391. The largest absolute Gasteiger partial charge is 0.456 e. The van der Waals surface area contributed by atoms with Crippen molar-refractivity contribution in [2.24, 2.45) is 0 Å². The van der Waals surface area contributed by atoms with Gasteiger partial charge in [-0.2, -0.15) is 4.98 Å². The quantitative estimate of drug-likeness (QED) is 0.709. The van der Waals surface area contributed by atoms with E-state index < -0.39 is 5.97 Å². The number of carbonyl (C=O) groups excluding carboxylic acids is 2. The fraction of sp³-hybridized carbons (Fsp3) is 0.412. The number of benzene rings is 1. The Morgan fingerprint density at radius 2 is 2.00 bits per heavy atom. The van der Waals surface area contributed by atoms with Crippen LogP contribution in [-0.4, -0.2) is 28.6 Å². The number of hydrogen-bond acceptors (Lipinski definition) is 6. The highest BCUT2D eigenvalue weighted by atomic mass is 16.6. The summed E-state index contributed by atoms with van der Waals surface area (Å²) in [6.07, 6.45) is 1.84. The molecule has 24 heavy (non-hydrogen) atoms. The van der Waals surface area contributed by atoms with Crippen molar-refractivity contribution in [3.05, 3.63) is 36.2 Å². The summed E-state index contributed by atoms with van der Waals surface area (Å²) in [6.45, 7) is 2.57. The van der Waals surface area contributed by atoms with E-state index in [9.17, 15) is 9.59 Å². The van der Waals surface area contributed by atoms with Gasteiger partial charge < -0.3 is 14.6 Å². The van der Waals surface area contributed by atoms with Gasteiger partial charge in [0.05, 0.1) is 0 Å². The van der Waals surface area contributed by atoms with Gasteiger partial charge in [0.15, 0.2) is 6.61 Å². The van der Waals surface area contributed by atoms with E-state index in [1.54, 1.807) is 0 Å². The molecule has 1 aromatic carbocycles. The predicted octanol–water partition coefficient (Wildman–Crippen LogP) is 2.48. The molecule has 0 saturated heterocycles. The molecule has 0 unspecified atom stereocenters. The lowest BCUT2D eigenvalue weighted by Crippen LogP contribution is -2.23. The number of hydrogen-bond donors (Lipinski definition) is 1. The van der Waals surface area contributed by atoms with Crippen LogP contribution in [0, 0.1) is 0 Å². The number of carbonyl (C=O) groups is 2. The molecule has 7 heteroatoms. The Bertz CT molecular complexity index is 655. The van der Waals surface area contributed by atoms with E-state index in [2.05, 4.69) is 15.5 Å². The molecule has 0 aliphatic carbocycles. The summed E-state index contributed by atoms with van der Waals surface area (Å²) >= 11 is 0. The van der Waals surface area contributed by atoms with E-state index >= 15 is 0 Å². The first-order chi connectivity index (χ1) is 11.7. The van der Waals surface area contributed by atoms with Crippen LogP contribution in [0.3, 0.4) is 0 Å². The molecule has 0 spiro atoms. The van der Waals surface area contributed by atoms with Crippen LogP contribution >= 0.6 is 0 Å². The molecule has 1 heterocycles. The molecule has 1 N–H and O–H groups in total. The van der Waals surface area contributed by atoms with Crippen molar-refractivity contribution in [2.75, 3.05) is 6.54 Å². The Hall–Kier alpha value is -2.70. The van der Waals surface area contributed by atoms with Crippen LogP contribution in [-0.2, 0) is 20.9 Å². The van der Waals surface area contributed by atoms with Crippen LogP contribution in [0.15, 0.2) is 34.9 Å². The number of esters is 1. The Morgan fingerprint density at radius 3 is 2.75 bits per heavy atom. The zero-order valence-electron chi connectivity index (χ0n) is 13.7. The number of nitrogens with zero attached hydrogens (tertiary/aromatic N) is 2. The number of rotatable bonds is 9. The molecule has 128 valence electrons. The fourth-order valence-corrected chi connectivity index (χ4v) is 1.98. The molecule has 0 aliphatic heterocycles. The van der Waals surface area contributed by atoms with Crippen LogP contribution in [0.1, 0.15) is 38.5 Å². The molecule has 0 aliphatic rings. The van der Waals surface area contributed by atoms with Gasteiger partial charge >= 0.3 is 5.97 Å². The molecular formula is C17H21N3O4. The summed E-state index contributed by atoms with van der Waals surface area (Å²) in [4.78, 5) is 27.2. The average Bonchev–Trinajstić information content (AvgIpc) is 3.08. The van der Waals surface area contributed by atoms with E-state index in [0.29, 0.717) is 25.2 Å². The van der Waals surface area contributed by atoms with Gasteiger partial charge in [-0.3, -0.25) is 9.59 Å². The van der Waals surface area contributed by atoms with E-state index in [0.717, 1.165) is 12.0 Å². The highest BCUT2D eigenvalue weighted by Crippen LogP contribution is 2.15. The molecule has 2 rings (SSSR count). The Labute approximate surface area is 140 Å². The lowest BCUT2D eigenvalue weighted by atomic mass is 10.2. The van der Waals surface area contributed by atoms with Crippen LogP contribution < -0.4 is 5.32 Å². The smallest absolute Gasteiger partial charge is 0.306 e. The van der Waals surface area contributed by atoms with Crippen molar-refractivity contribution in [3.63, 3.8) is 0 Å². The fourth-order valence-electron chi connectivity index (χ4n) is 1.98. The molecule has 0 fully saturated rings. The maximum Gasteiger partial charge on any atom is 0.306 e. The third kappa shape index (κ3) is 5.83. The van der Waals surface area contributed by atoms with Gasteiger partial charge in [0, 0.05) is 24.9 Å². The maximum absolute atomic E-state index is 11.6. The van der Waals surface area contributed by atoms with Gasteiger partial charge in [-0.15, -0.1) is 0 Å². The van der Waals surface area contributed by atoms with Gasteiger partial charge in [0.25, 0.3) is 5.89 Å². The van der Waals surface area contributed by atoms with Gasteiger partial charge in [0.2, 0.25) is 11.7 Å². The SMILES string of the molecule is CCCNC(=O)CCCC(=O)OCc1nc(-c2ccccc2)no1. The molecule has 0 bridgehead atoms. The number of amides is 1. The van der Waals surface area contributed by atoms with Crippen LogP contribution in [0.4, 0.5) is 0 Å². The van der Waals surface area contributed by atoms with Gasteiger partial charge in [0.1, 0.15) is 0 Å². The maximum atomic E-state index is 11.6. The third-order valence-corrected chi connectivity index (χ3v) is 3.21. The summed E-state index contributed by atoms with van der Waals surface area (Å²) in [5, 5.41) is 6.61. The van der Waals surface area contributed by atoms with E-state index in [1.165, 1.54) is 0 Å². The topological polar surface area (TPSA) is 94.3 Å². The van der Waals surface area contributed by atoms with Crippen molar-refractivity contribution < 1.29 is 18.8 Å². The highest BCUT2D eigenvalue weighted by Gasteiger charge is 2.11. The average molecular weight is 331 g/mol. The van der Waals surface area contributed by atoms with Gasteiger partial charge in [-0.25, -0.2) is 0 Å². The van der Waals surface area contributed by atoms with Crippen molar-refractivity contribution in [2.45, 2.75) is 39.2 Å². The summed E-state index contributed by atoms with van der Waals surface area (Å²) in [5.74, 6) is 0.254. The van der Waals surface area contributed by atoms with Crippen LogP contribution in [0.5, 0.6) is 0 Å². The summed E-state index contributed by atoms with van der Waals surface area (Å²) in [7, 11) is 0. The first kappa shape index (κ1) is 17.7. The Morgan fingerprint density at radius 1 is 1.21 bits per heavy atom. The molecule has 0 atom stereocenters. The lowest BCUT2D eigenvalue weighted by molar-refractivity contribution is -0.145. The van der Waals surface area contributed by atoms with Gasteiger partial charge in [-0.1, -0.05) is 42.4 Å². The molecule has 0 radical (unpaired) electrons. The second-order valence-corrected chi connectivity index (χ2v) is 5.24. The minimum absolute atomic E-state index is 0.0472. The first-order valence-corrected chi connectivity index (χ1v) is 7.99. The second kappa shape index (κ2) is 9.44. The van der Waals surface area contributed by atoms with Crippen molar-refractivity contribution >= 4 is 11.9 Å². The van der Waals surface area contributed by atoms with Crippen LogP contribution in [0.25, 0.3) is 11.4 Å². The zero-order chi connectivity index (χ0) is 17.2. The molecule has 2 aromatic rings. The second-order valence-electron chi connectivity index (χ2n) is 5.24. The van der Waals surface area contributed by atoms with E-state index in [-0.39, 0.29) is 24.8 Å². The van der Waals surface area contributed by atoms with Crippen molar-refractivity contribution in [1.82, 2.24) is 15.5 Å². The monoisotopic (exact) mass is 331 g/mol. The van der Waals surface area contributed by atoms with Crippen LogP contribution in [0.2, 0.25) is 0 Å². The van der Waals surface area contributed by atoms with Crippen molar-refractivity contribution in [3.8, 4) is 11.4 Å². The molecule has 7 nitrogen and oxygen atoms in total. The number of aromatic nitrogens is 2. The Kier molecular flexibility index (Phi) is 6.94. The zero-order valence-corrected chi connectivity index (χ0v) is 13.7. The standard InChI is InChI=1S/C17H21N3O4/c1-2-11-18-14(21)9-6-10-16(22)23-12-15-19-17(20-24-15)13-7-4-3-5-8-13/h3-5,7-8H,2,6,9-12H2,1H3,(H,18,21). The third-order valence-electron chi connectivity index (χ3n) is 3.21.